The molecule has 4 nitrogen and oxygen atoms in total. The summed E-state index contributed by atoms with van der Waals surface area (Å²) >= 11 is 0. The number of halogens is 1. The van der Waals surface area contributed by atoms with E-state index in [0.29, 0.717) is 23.9 Å². The molecule has 1 aliphatic heterocycles. The van der Waals surface area contributed by atoms with Crippen LogP contribution in [-0.4, -0.2) is 24.7 Å². The van der Waals surface area contributed by atoms with Crippen LogP contribution in [0.15, 0.2) is 12.1 Å². The van der Waals surface area contributed by atoms with Gasteiger partial charge in [0.15, 0.2) is 0 Å². The van der Waals surface area contributed by atoms with Crippen molar-refractivity contribution in [2.45, 2.75) is 19.4 Å². The molecule has 1 aliphatic rings. The van der Waals surface area contributed by atoms with E-state index >= 15 is 0 Å². The molecule has 6 heteroatoms. The lowest BCUT2D eigenvalue weighted by Gasteiger charge is -2.07. The SMILES string of the molecule is C#CCCCOC(=O)c1cc2c(cc1F)COB2O. The largest absolute Gasteiger partial charge is 0.491 e. The molecule has 0 spiro atoms. The number of fused-ring (bicyclic) bond motifs is 1. The van der Waals surface area contributed by atoms with Crippen molar-refractivity contribution in [3.63, 3.8) is 0 Å². The van der Waals surface area contributed by atoms with E-state index in [9.17, 15) is 14.2 Å². The van der Waals surface area contributed by atoms with Crippen molar-refractivity contribution >= 4 is 18.6 Å². The molecular weight excluding hydrogens is 250 g/mol. The number of carbonyl (C=O) groups excluding carboxylic acids is 1. The van der Waals surface area contributed by atoms with E-state index in [1.807, 2.05) is 0 Å². The molecule has 0 unspecified atom stereocenters. The van der Waals surface area contributed by atoms with Crippen LogP contribution in [-0.2, 0) is 16.0 Å². The van der Waals surface area contributed by atoms with Crippen molar-refractivity contribution in [2.24, 2.45) is 0 Å². The monoisotopic (exact) mass is 262 g/mol. The molecule has 0 saturated heterocycles. The van der Waals surface area contributed by atoms with Gasteiger partial charge in [-0.3, -0.25) is 0 Å². The van der Waals surface area contributed by atoms with Crippen molar-refractivity contribution in [2.75, 3.05) is 6.61 Å². The molecule has 0 aromatic heterocycles. The second kappa shape index (κ2) is 5.87. The van der Waals surface area contributed by atoms with Crippen molar-refractivity contribution < 1.29 is 23.6 Å². The van der Waals surface area contributed by atoms with Gasteiger partial charge in [0, 0.05) is 6.42 Å². The number of terminal acetylenes is 1. The van der Waals surface area contributed by atoms with Gasteiger partial charge in [0.05, 0.1) is 18.8 Å². The Hall–Kier alpha value is -1.84. The molecule has 0 amide bonds. The molecule has 0 fully saturated rings. The van der Waals surface area contributed by atoms with Gasteiger partial charge in [-0.25, -0.2) is 9.18 Å². The molecule has 1 aromatic rings. The summed E-state index contributed by atoms with van der Waals surface area (Å²) in [6.45, 7) is 0.267. The number of carbonyl (C=O) groups is 1. The lowest BCUT2D eigenvalue weighted by atomic mass is 9.78. The Bertz CT molecular complexity index is 538. The van der Waals surface area contributed by atoms with E-state index in [0.717, 1.165) is 0 Å². The van der Waals surface area contributed by atoms with Crippen LogP contribution in [0.5, 0.6) is 0 Å². The molecule has 0 saturated carbocycles. The lowest BCUT2D eigenvalue weighted by molar-refractivity contribution is 0.0496. The Morgan fingerprint density at radius 2 is 2.42 bits per heavy atom. The minimum Gasteiger partial charge on any atom is -0.462 e. The van der Waals surface area contributed by atoms with Crippen LogP contribution >= 0.6 is 0 Å². The number of hydrogen-bond donors (Lipinski definition) is 1. The zero-order valence-corrected chi connectivity index (χ0v) is 10.2. The third-order valence-electron chi connectivity index (χ3n) is 2.81. The third kappa shape index (κ3) is 2.95. The highest BCUT2D eigenvalue weighted by Gasteiger charge is 2.30. The number of hydrogen-bond acceptors (Lipinski definition) is 4. The van der Waals surface area contributed by atoms with Gasteiger partial charge in [0.1, 0.15) is 5.82 Å². The van der Waals surface area contributed by atoms with E-state index in [1.165, 1.54) is 12.1 Å². The first-order chi connectivity index (χ1) is 9.13. The molecule has 1 aromatic carbocycles. The van der Waals surface area contributed by atoms with Gasteiger partial charge in [0.2, 0.25) is 0 Å². The van der Waals surface area contributed by atoms with Crippen molar-refractivity contribution in [1.82, 2.24) is 0 Å². The summed E-state index contributed by atoms with van der Waals surface area (Å²) in [6, 6.07) is 2.45. The minimum atomic E-state index is -1.12. The zero-order valence-electron chi connectivity index (χ0n) is 10.2. The first-order valence-corrected chi connectivity index (χ1v) is 5.86. The number of benzene rings is 1. The third-order valence-corrected chi connectivity index (χ3v) is 2.81. The van der Waals surface area contributed by atoms with Crippen LogP contribution in [0.2, 0.25) is 0 Å². The Morgan fingerprint density at radius 1 is 1.63 bits per heavy atom. The summed E-state index contributed by atoms with van der Waals surface area (Å²) < 4.78 is 23.6. The second-order valence-corrected chi connectivity index (χ2v) is 4.14. The summed E-state index contributed by atoms with van der Waals surface area (Å²) in [4.78, 5) is 11.7. The first-order valence-electron chi connectivity index (χ1n) is 5.86. The zero-order chi connectivity index (χ0) is 13.8. The van der Waals surface area contributed by atoms with Gasteiger partial charge in [-0.2, -0.15) is 0 Å². The molecule has 2 rings (SSSR count). The summed E-state index contributed by atoms with van der Waals surface area (Å²) in [7, 11) is -1.12. The van der Waals surface area contributed by atoms with Crippen LogP contribution in [0.4, 0.5) is 4.39 Å². The van der Waals surface area contributed by atoms with Crippen LogP contribution in [0.3, 0.4) is 0 Å². The standard InChI is InChI=1S/C13H12BFO4/c1-2-3-4-5-18-13(16)10-7-11-9(6-12(10)15)8-19-14(11)17/h1,6-7,17H,3-5,8H2. The predicted octanol–water partition coefficient (Wildman–Crippen LogP) is 0.614. The predicted molar refractivity (Wildman–Crippen MR) is 67.1 cm³/mol. The maximum Gasteiger partial charge on any atom is 0.491 e. The molecule has 0 bridgehead atoms. The Morgan fingerprint density at radius 3 is 3.16 bits per heavy atom. The van der Waals surface area contributed by atoms with Gasteiger partial charge in [-0.05, 0) is 29.6 Å². The van der Waals surface area contributed by atoms with E-state index in [2.05, 4.69) is 5.92 Å². The lowest BCUT2D eigenvalue weighted by Crippen LogP contribution is -2.29. The highest BCUT2D eigenvalue weighted by atomic mass is 19.1. The summed E-state index contributed by atoms with van der Waals surface area (Å²) in [5, 5.41) is 9.51. The average Bonchev–Trinajstić information content (AvgIpc) is 2.74. The molecule has 0 radical (unpaired) electrons. The van der Waals surface area contributed by atoms with Gasteiger partial charge in [-0.1, -0.05) is 0 Å². The van der Waals surface area contributed by atoms with E-state index in [-0.39, 0.29) is 18.8 Å². The minimum absolute atomic E-state index is 0.130. The van der Waals surface area contributed by atoms with Gasteiger partial charge >= 0.3 is 13.1 Å². The number of ether oxygens (including phenoxy) is 1. The number of unbranched alkanes of at least 4 members (excludes halogenated alkanes) is 1. The average molecular weight is 262 g/mol. The fourth-order valence-electron chi connectivity index (χ4n) is 1.82. The molecule has 98 valence electrons. The maximum absolute atomic E-state index is 13.7. The molecule has 0 aliphatic carbocycles. The normalized spacial score (nSPS) is 13.0. The van der Waals surface area contributed by atoms with Gasteiger partial charge in [0.25, 0.3) is 0 Å². The molecule has 0 atom stereocenters. The summed E-state index contributed by atoms with van der Waals surface area (Å²) in [5.74, 6) is 0.968. The van der Waals surface area contributed by atoms with Crippen molar-refractivity contribution in [1.29, 1.82) is 0 Å². The summed E-state index contributed by atoms with van der Waals surface area (Å²) in [5.41, 5.74) is 0.731. The Balaban J connectivity index is 2.10. The van der Waals surface area contributed by atoms with Crippen LogP contribution in [0.1, 0.15) is 28.8 Å². The Kier molecular flexibility index (Phi) is 4.20. The molecule has 1 N–H and O–H groups in total. The van der Waals surface area contributed by atoms with Crippen LogP contribution in [0, 0.1) is 18.2 Å². The first kappa shape index (κ1) is 13.6. The van der Waals surface area contributed by atoms with E-state index in [4.69, 9.17) is 15.8 Å². The van der Waals surface area contributed by atoms with E-state index in [1.54, 1.807) is 0 Å². The topological polar surface area (TPSA) is 55.8 Å². The van der Waals surface area contributed by atoms with E-state index < -0.39 is 18.9 Å². The van der Waals surface area contributed by atoms with Crippen molar-refractivity contribution in [3.8, 4) is 12.3 Å². The summed E-state index contributed by atoms with van der Waals surface area (Å²) in [6.07, 6.45) is 6.09. The smallest absolute Gasteiger partial charge is 0.462 e. The molecular formula is C13H12BFO4. The van der Waals surface area contributed by atoms with Crippen LogP contribution in [0.25, 0.3) is 0 Å². The highest BCUT2D eigenvalue weighted by molar-refractivity contribution is 6.61. The Labute approximate surface area is 110 Å². The quantitative estimate of drug-likeness (QED) is 0.374. The molecule has 1 heterocycles. The van der Waals surface area contributed by atoms with Gasteiger partial charge < -0.3 is 14.4 Å². The number of rotatable bonds is 4. The fraction of sp³-hybridized carbons (Fsp3) is 0.308. The highest BCUT2D eigenvalue weighted by Crippen LogP contribution is 2.16. The number of esters is 1. The fourth-order valence-corrected chi connectivity index (χ4v) is 1.82. The van der Waals surface area contributed by atoms with Crippen LogP contribution < -0.4 is 5.46 Å². The maximum atomic E-state index is 13.7. The van der Waals surface area contributed by atoms with Crippen molar-refractivity contribution in [3.05, 3.63) is 29.1 Å². The second-order valence-electron chi connectivity index (χ2n) is 4.14. The van der Waals surface area contributed by atoms with Gasteiger partial charge in [-0.15, -0.1) is 12.3 Å². The molecule has 19 heavy (non-hydrogen) atoms.